The first-order chi connectivity index (χ1) is 10.2. The van der Waals surface area contributed by atoms with Crippen molar-refractivity contribution in [2.45, 2.75) is 11.8 Å². The molecule has 0 aromatic heterocycles. The van der Waals surface area contributed by atoms with E-state index < -0.39 is 31.3 Å². The second kappa shape index (κ2) is 5.90. The molecule has 2 aromatic carbocycles. The van der Waals surface area contributed by atoms with E-state index in [0.717, 1.165) is 24.3 Å². The van der Waals surface area contributed by atoms with Crippen LogP contribution in [-0.2, 0) is 10.0 Å². The molecule has 0 aliphatic heterocycles. The number of nitrogens with zero attached hydrogens (tertiary/aromatic N) is 1. The molecule has 116 valence electrons. The molecule has 0 radical (unpaired) electrons. The summed E-state index contributed by atoms with van der Waals surface area (Å²) in [4.78, 5) is 9.78. The lowest BCUT2D eigenvalue weighted by Gasteiger charge is -2.11. The van der Waals surface area contributed by atoms with Gasteiger partial charge in [0.2, 0.25) is 0 Å². The number of hydrogen-bond acceptors (Lipinski definition) is 4. The van der Waals surface area contributed by atoms with E-state index >= 15 is 0 Å². The molecule has 0 spiro atoms. The second-order valence-electron chi connectivity index (χ2n) is 4.41. The minimum absolute atomic E-state index is 0.0689. The van der Waals surface area contributed by atoms with Gasteiger partial charge < -0.3 is 0 Å². The van der Waals surface area contributed by atoms with E-state index in [0.29, 0.717) is 0 Å². The van der Waals surface area contributed by atoms with Gasteiger partial charge >= 0.3 is 0 Å². The van der Waals surface area contributed by atoms with Crippen LogP contribution < -0.4 is 4.72 Å². The average Bonchev–Trinajstić information content (AvgIpc) is 2.41. The molecule has 0 saturated carbocycles. The fourth-order valence-corrected chi connectivity index (χ4v) is 3.65. The summed E-state index contributed by atoms with van der Waals surface area (Å²) in [7, 11) is -4.25. The molecule has 9 heteroatoms. The molecular weight excluding hydrogens is 335 g/mol. The molecule has 0 fully saturated rings. The van der Waals surface area contributed by atoms with Crippen molar-refractivity contribution in [3.63, 3.8) is 0 Å². The first-order valence-electron chi connectivity index (χ1n) is 5.94. The molecule has 6 nitrogen and oxygen atoms in total. The largest absolute Gasteiger partial charge is 0.290 e. The summed E-state index contributed by atoms with van der Waals surface area (Å²) in [5, 5.41) is 10.9. The summed E-state index contributed by atoms with van der Waals surface area (Å²) in [6.07, 6.45) is 0. The van der Waals surface area contributed by atoms with Crippen molar-refractivity contribution < 1.29 is 17.7 Å². The van der Waals surface area contributed by atoms with Crippen molar-refractivity contribution in [1.82, 2.24) is 0 Å². The van der Waals surface area contributed by atoms with Crippen LogP contribution in [0.15, 0.2) is 41.3 Å². The molecule has 0 heterocycles. The highest BCUT2D eigenvalue weighted by Crippen LogP contribution is 2.31. The van der Waals surface area contributed by atoms with Crippen LogP contribution in [0.4, 0.5) is 15.8 Å². The highest BCUT2D eigenvalue weighted by Gasteiger charge is 2.28. The molecule has 0 aliphatic carbocycles. The third kappa shape index (κ3) is 3.18. The van der Waals surface area contributed by atoms with Gasteiger partial charge in [0.15, 0.2) is 4.90 Å². The van der Waals surface area contributed by atoms with Crippen molar-refractivity contribution in [3.05, 3.63) is 62.9 Å². The van der Waals surface area contributed by atoms with Crippen LogP contribution in [0.5, 0.6) is 0 Å². The predicted octanol–water partition coefficient (Wildman–Crippen LogP) is 3.50. The summed E-state index contributed by atoms with van der Waals surface area (Å²) in [6.45, 7) is 1.44. The summed E-state index contributed by atoms with van der Waals surface area (Å²) < 4.78 is 40.0. The van der Waals surface area contributed by atoms with Crippen molar-refractivity contribution in [2.24, 2.45) is 0 Å². The monoisotopic (exact) mass is 344 g/mol. The van der Waals surface area contributed by atoms with Gasteiger partial charge in [0, 0.05) is 6.07 Å². The third-order valence-electron chi connectivity index (χ3n) is 2.83. The van der Waals surface area contributed by atoms with Gasteiger partial charge in [-0.05, 0) is 30.7 Å². The van der Waals surface area contributed by atoms with Gasteiger partial charge in [-0.15, -0.1) is 0 Å². The van der Waals surface area contributed by atoms with Crippen LogP contribution in [0, 0.1) is 22.9 Å². The molecule has 22 heavy (non-hydrogen) atoms. The second-order valence-corrected chi connectivity index (χ2v) is 6.44. The molecule has 0 bridgehead atoms. The van der Waals surface area contributed by atoms with Gasteiger partial charge in [0.25, 0.3) is 15.7 Å². The first kappa shape index (κ1) is 16.2. The number of nitrogens with one attached hydrogen (secondary N) is 1. The molecule has 0 saturated heterocycles. The Labute approximate surface area is 130 Å². The number of hydrogen-bond donors (Lipinski definition) is 1. The van der Waals surface area contributed by atoms with E-state index in [-0.39, 0.29) is 16.3 Å². The number of aryl methyl sites for hydroxylation is 1. The van der Waals surface area contributed by atoms with Crippen LogP contribution in [0.1, 0.15) is 5.56 Å². The molecule has 0 atom stereocenters. The topological polar surface area (TPSA) is 89.3 Å². The van der Waals surface area contributed by atoms with Gasteiger partial charge in [-0.25, -0.2) is 12.8 Å². The van der Waals surface area contributed by atoms with Crippen molar-refractivity contribution >= 4 is 33.0 Å². The van der Waals surface area contributed by atoms with Crippen LogP contribution in [0.2, 0.25) is 5.02 Å². The van der Waals surface area contributed by atoms with E-state index in [9.17, 15) is 22.9 Å². The van der Waals surface area contributed by atoms with Crippen LogP contribution in [0.3, 0.4) is 0 Å². The Morgan fingerprint density at radius 2 is 1.95 bits per heavy atom. The van der Waals surface area contributed by atoms with Gasteiger partial charge in [-0.1, -0.05) is 23.7 Å². The smallest absolute Gasteiger partial charge is 0.278 e. The Hall–Kier alpha value is -2.19. The van der Waals surface area contributed by atoms with Gasteiger partial charge in [0.1, 0.15) is 5.82 Å². The highest BCUT2D eigenvalue weighted by molar-refractivity contribution is 7.93. The van der Waals surface area contributed by atoms with Crippen molar-refractivity contribution in [2.75, 3.05) is 4.72 Å². The van der Waals surface area contributed by atoms with Gasteiger partial charge in [0.05, 0.1) is 15.6 Å². The SMILES string of the molecule is Cc1cccc([N+](=O)[O-])c1S(=O)(=O)Nc1ccc(F)cc1Cl. The first-order valence-corrected chi connectivity index (χ1v) is 7.80. The van der Waals surface area contributed by atoms with Gasteiger partial charge in [-0.2, -0.15) is 0 Å². The summed E-state index contributed by atoms with van der Waals surface area (Å²) in [5.74, 6) is -0.630. The van der Waals surface area contributed by atoms with Crippen molar-refractivity contribution in [1.29, 1.82) is 0 Å². The Kier molecular flexibility index (Phi) is 4.34. The Bertz CT molecular complexity index is 855. The number of nitro groups is 1. The molecule has 1 N–H and O–H groups in total. The predicted molar refractivity (Wildman–Crippen MR) is 80.1 cm³/mol. The zero-order chi connectivity index (χ0) is 16.5. The van der Waals surface area contributed by atoms with E-state index in [1.54, 1.807) is 0 Å². The number of nitro benzene ring substituents is 1. The van der Waals surface area contributed by atoms with Crippen LogP contribution in [0.25, 0.3) is 0 Å². The van der Waals surface area contributed by atoms with Gasteiger partial charge in [-0.3, -0.25) is 14.8 Å². The Morgan fingerprint density at radius 3 is 2.55 bits per heavy atom. The lowest BCUT2D eigenvalue weighted by Crippen LogP contribution is -2.16. The Morgan fingerprint density at radius 1 is 1.27 bits per heavy atom. The van der Waals surface area contributed by atoms with Crippen LogP contribution in [-0.4, -0.2) is 13.3 Å². The third-order valence-corrected chi connectivity index (χ3v) is 4.70. The molecule has 0 aliphatic rings. The minimum atomic E-state index is -4.25. The fraction of sp³-hybridized carbons (Fsp3) is 0.0769. The highest BCUT2D eigenvalue weighted by atomic mass is 35.5. The summed E-state index contributed by atoms with van der Waals surface area (Å²) >= 11 is 5.76. The fourth-order valence-electron chi connectivity index (χ4n) is 1.90. The Balaban J connectivity index is 2.54. The minimum Gasteiger partial charge on any atom is -0.278 e. The maximum atomic E-state index is 13.0. The molecule has 0 unspecified atom stereocenters. The maximum Gasteiger partial charge on any atom is 0.290 e. The lowest BCUT2D eigenvalue weighted by atomic mass is 10.2. The van der Waals surface area contributed by atoms with E-state index in [4.69, 9.17) is 11.6 Å². The average molecular weight is 345 g/mol. The summed E-state index contributed by atoms with van der Waals surface area (Å²) in [5.41, 5.74) is -0.411. The maximum absolute atomic E-state index is 13.0. The standard InChI is InChI=1S/C13H10ClFN2O4S/c1-8-3-2-4-12(17(18)19)13(8)22(20,21)16-11-6-5-9(15)7-10(11)14/h2-7,16H,1H3. The number of halogens is 2. The quantitative estimate of drug-likeness (QED) is 0.679. The number of sulfonamides is 1. The van der Waals surface area contributed by atoms with Crippen molar-refractivity contribution in [3.8, 4) is 0 Å². The molecule has 0 amide bonds. The zero-order valence-electron chi connectivity index (χ0n) is 11.2. The number of benzene rings is 2. The van der Waals surface area contributed by atoms with Crippen LogP contribution >= 0.6 is 11.6 Å². The zero-order valence-corrected chi connectivity index (χ0v) is 12.8. The summed E-state index contributed by atoms with van der Waals surface area (Å²) in [6, 6.07) is 7.01. The molecule has 2 aromatic rings. The van der Waals surface area contributed by atoms with E-state index in [1.807, 2.05) is 0 Å². The lowest BCUT2D eigenvalue weighted by molar-refractivity contribution is -0.387. The van der Waals surface area contributed by atoms with E-state index in [2.05, 4.69) is 4.72 Å². The number of rotatable bonds is 4. The molecular formula is C13H10ClFN2O4S. The normalized spacial score (nSPS) is 11.2. The van der Waals surface area contributed by atoms with E-state index in [1.165, 1.54) is 19.1 Å². The number of anilines is 1. The molecule has 2 rings (SSSR count).